The molecule has 0 amide bonds. The highest BCUT2D eigenvalue weighted by Gasteiger charge is 2.37. The average Bonchev–Trinajstić information content (AvgIpc) is 3.17. The molecule has 1 aliphatic rings. The van der Waals surface area contributed by atoms with Gasteiger partial charge in [-0.3, -0.25) is 14.3 Å². The zero-order valence-corrected chi connectivity index (χ0v) is 12.8. The van der Waals surface area contributed by atoms with E-state index in [4.69, 9.17) is 9.47 Å². The molecule has 0 aromatic carbocycles. The van der Waals surface area contributed by atoms with Gasteiger partial charge in [0.25, 0.3) is 5.56 Å². The maximum atomic E-state index is 13.4. The van der Waals surface area contributed by atoms with Crippen LogP contribution in [0.4, 0.5) is 4.39 Å². The van der Waals surface area contributed by atoms with E-state index in [1.54, 1.807) is 11.3 Å². The molecule has 2 aromatic rings. The summed E-state index contributed by atoms with van der Waals surface area (Å²) in [6.07, 6.45) is -0.798. The van der Waals surface area contributed by atoms with Crippen molar-refractivity contribution in [2.75, 3.05) is 6.61 Å². The molecule has 0 bridgehead atoms. The average molecular weight is 342 g/mol. The van der Waals surface area contributed by atoms with Gasteiger partial charge in [-0.15, -0.1) is 0 Å². The van der Waals surface area contributed by atoms with Crippen molar-refractivity contribution in [1.82, 2.24) is 9.55 Å². The lowest BCUT2D eigenvalue weighted by atomic mass is 10.2. The Morgan fingerprint density at radius 2 is 2.35 bits per heavy atom. The van der Waals surface area contributed by atoms with Crippen LogP contribution in [0, 0.1) is 5.82 Å². The molecule has 2 aromatic heterocycles. The molecule has 1 unspecified atom stereocenters. The summed E-state index contributed by atoms with van der Waals surface area (Å²) >= 11 is 1.55. The second-order valence-electron chi connectivity index (χ2n) is 5.17. The summed E-state index contributed by atoms with van der Waals surface area (Å²) in [5, 5.41) is 13.3. The molecule has 0 spiro atoms. The number of hydrogen-bond acceptors (Lipinski definition) is 6. The van der Waals surface area contributed by atoms with Crippen molar-refractivity contribution in [3.8, 4) is 0 Å². The number of nitrogens with one attached hydrogen (secondary N) is 1. The third-order valence-electron chi connectivity index (χ3n) is 3.64. The van der Waals surface area contributed by atoms with Gasteiger partial charge in [0.05, 0.1) is 25.5 Å². The Hall–Kier alpha value is -1.81. The Morgan fingerprint density at radius 1 is 1.52 bits per heavy atom. The maximum absolute atomic E-state index is 13.4. The van der Waals surface area contributed by atoms with Gasteiger partial charge < -0.3 is 14.6 Å². The van der Waals surface area contributed by atoms with E-state index >= 15 is 0 Å². The fourth-order valence-electron chi connectivity index (χ4n) is 2.46. The zero-order valence-electron chi connectivity index (χ0n) is 12.0. The molecular weight excluding hydrogens is 327 g/mol. The minimum Gasteiger partial charge on any atom is -0.394 e. The van der Waals surface area contributed by atoms with Gasteiger partial charge in [-0.25, -0.2) is 4.79 Å². The van der Waals surface area contributed by atoms with Crippen LogP contribution >= 0.6 is 11.3 Å². The van der Waals surface area contributed by atoms with Crippen molar-refractivity contribution >= 4 is 11.3 Å². The van der Waals surface area contributed by atoms with Crippen LogP contribution in [0.5, 0.6) is 0 Å². The molecule has 3 rings (SSSR count). The summed E-state index contributed by atoms with van der Waals surface area (Å²) < 4.78 is 25.6. The Labute approximate surface area is 133 Å². The number of halogens is 1. The number of aromatic nitrogens is 2. The SMILES string of the molecule is O=c1[nH]c(=O)n([C@@H]2CC(OCc3ccsc3)[C@H](CO)O2)cc1F. The Morgan fingerprint density at radius 3 is 3.04 bits per heavy atom. The lowest BCUT2D eigenvalue weighted by Gasteiger charge is -2.16. The number of aliphatic hydroxyl groups is 1. The van der Waals surface area contributed by atoms with Gasteiger partial charge in [-0.05, 0) is 22.4 Å². The highest BCUT2D eigenvalue weighted by atomic mass is 32.1. The third-order valence-corrected chi connectivity index (χ3v) is 4.37. The molecule has 9 heteroatoms. The summed E-state index contributed by atoms with van der Waals surface area (Å²) in [7, 11) is 0. The van der Waals surface area contributed by atoms with Gasteiger partial charge in [0.1, 0.15) is 12.3 Å². The fourth-order valence-corrected chi connectivity index (χ4v) is 3.12. The van der Waals surface area contributed by atoms with Crippen LogP contribution < -0.4 is 11.2 Å². The van der Waals surface area contributed by atoms with Crippen LogP contribution in [0.3, 0.4) is 0 Å². The molecule has 3 heterocycles. The van der Waals surface area contributed by atoms with Gasteiger partial charge in [-0.1, -0.05) is 0 Å². The van der Waals surface area contributed by atoms with Gasteiger partial charge in [0.15, 0.2) is 0 Å². The zero-order chi connectivity index (χ0) is 16.4. The molecule has 1 fully saturated rings. The van der Waals surface area contributed by atoms with E-state index in [9.17, 15) is 19.1 Å². The molecule has 23 heavy (non-hydrogen) atoms. The fraction of sp³-hybridized carbons (Fsp3) is 0.429. The summed E-state index contributed by atoms with van der Waals surface area (Å²) in [6.45, 7) is 0.0705. The first kappa shape index (κ1) is 16.1. The van der Waals surface area contributed by atoms with Gasteiger partial charge in [-0.2, -0.15) is 15.7 Å². The van der Waals surface area contributed by atoms with Crippen molar-refractivity contribution in [1.29, 1.82) is 0 Å². The number of hydrogen-bond donors (Lipinski definition) is 2. The van der Waals surface area contributed by atoms with Crippen molar-refractivity contribution in [3.63, 3.8) is 0 Å². The highest BCUT2D eigenvalue weighted by molar-refractivity contribution is 7.07. The Balaban J connectivity index is 1.74. The standard InChI is InChI=1S/C14H15FN2O5S/c15-9-4-17(14(20)16-13(9)19)12-3-10(11(5-18)22-12)21-6-8-1-2-23-7-8/h1-2,4,7,10-12,18H,3,5-6H2,(H,16,19,20)/t10?,11-,12-/m0/s1. The van der Waals surface area contributed by atoms with Crippen LogP contribution in [0.15, 0.2) is 32.6 Å². The smallest absolute Gasteiger partial charge is 0.330 e. The lowest BCUT2D eigenvalue weighted by molar-refractivity contribution is -0.0659. The number of aromatic amines is 1. The minimum atomic E-state index is -1.08. The van der Waals surface area contributed by atoms with E-state index in [2.05, 4.69) is 0 Å². The van der Waals surface area contributed by atoms with Gasteiger partial charge in [0.2, 0.25) is 5.82 Å². The second kappa shape index (κ2) is 6.75. The topological polar surface area (TPSA) is 93.6 Å². The van der Waals surface area contributed by atoms with Crippen molar-refractivity contribution in [2.45, 2.75) is 31.5 Å². The molecule has 0 radical (unpaired) electrons. The summed E-state index contributed by atoms with van der Waals surface area (Å²) in [6, 6.07) is 1.92. The summed E-state index contributed by atoms with van der Waals surface area (Å²) in [4.78, 5) is 24.7. The normalized spacial score (nSPS) is 24.2. The summed E-state index contributed by atoms with van der Waals surface area (Å²) in [5.41, 5.74) is -0.841. The Bertz CT molecular complexity index is 772. The van der Waals surface area contributed by atoms with Crippen LogP contribution in [-0.4, -0.2) is 33.5 Å². The van der Waals surface area contributed by atoms with Crippen LogP contribution in [0.1, 0.15) is 18.2 Å². The molecule has 1 aliphatic heterocycles. The molecule has 7 nitrogen and oxygen atoms in total. The van der Waals surface area contributed by atoms with E-state index in [-0.39, 0.29) is 13.0 Å². The first-order valence-corrected chi connectivity index (χ1v) is 7.92. The number of aliphatic hydroxyl groups excluding tert-OH is 1. The predicted molar refractivity (Wildman–Crippen MR) is 79.8 cm³/mol. The molecule has 3 atom stereocenters. The largest absolute Gasteiger partial charge is 0.394 e. The summed E-state index contributed by atoms with van der Waals surface area (Å²) in [5.74, 6) is -1.07. The van der Waals surface area contributed by atoms with Crippen molar-refractivity contribution in [3.05, 3.63) is 55.2 Å². The van der Waals surface area contributed by atoms with Crippen LogP contribution in [0.2, 0.25) is 0 Å². The molecule has 124 valence electrons. The van der Waals surface area contributed by atoms with Crippen molar-refractivity contribution < 1.29 is 19.0 Å². The van der Waals surface area contributed by atoms with E-state index in [1.165, 1.54) is 0 Å². The van der Waals surface area contributed by atoms with E-state index < -0.39 is 35.5 Å². The number of rotatable bonds is 5. The van der Waals surface area contributed by atoms with E-state index in [0.29, 0.717) is 6.61 Å². The minimum absolute atomic E-state index is 0.265. The molecule has 0 aliphatic carbocycles. The van der Waals surface area contributed by atoms with Gasteiger partial charge >= 0.3 is 5.69 Å². The van der Waals surface area contributed by atoms with E-state index in [0.717, 1.165) is 16.3 Å². The molecule has 0 saturated carbocycles. The number of ether oxygens (including phenoxy) is 2. The monoisotopic (exact) mass is 342 g/mol. The first-order valence-electron chi connectivity index (χ1n) is 6.98. The van der Waals surface area contributed by atoms with Crippen LogP contribution in [0.25, 0.3) is 0 Å². The highest BCUT2D eigenvalue weighted by Crippen LogP contribution is 2.30. The number of nitrogens with zero attached hydrogens (tertiary/aromatic N) is 1. The molecule has 2 N–H and O–H groups in total. The van der Waals surface area contributed by atoms with Crippen molar-refractivity contribution in [2.24, 2.45) is 0 Å². The van der Waals surface area contributed by atoms with E-state index in [1.807, 2.05) is 21.8 Å². The first-order chi connectivity index (χ1) is 11.1. The predicted octanol–water partition coefficient (Wildman–Crippen LogP) is 0.602. The van der Waals surface area contributed by atoms with Gasteiger partial charge in [0, 0.05) is 6.42 Å². The number of thiophene rings is 1. The van der Waals surface area contributed by atoms with Crippen LogP contribution in [-0.2, 0) is 16.1 Å². The third kappa shape index (κ3) is 3.42. The quantitative estimate of drug-likeness (QED) is 0.830. The molecular formula is C14H15FN2O5S. The molecule has 1 saturated heterocycles. The number of H-pyrrole nitrogens is 1. The lowest BCUT2D eigenvalue weighted by Crippen LogP contribution is -2.34. The maximum Gasteiger partial charge on any atom is 0.330 e. The second-order valence-corrected chi connectivity index (χ2v) is 5.95. The Kier molecular flexibility index (Phi) is 4.71.